The lowest BCUT2D eigenvalue weighted by Crippen LogP contribution is -2.37. The second kappa shape index (κ2) is 7.20. The first-order valence-corrected chi connectivity index (χ1v) is 8.26. The number of halogens is 1. The van der Waals surface area contributed by atoms with Crippen LogP contribution in [0, 0.1) is 0 Å². The van der Waals surface area contributed by atoms with E-state index in [1.165, 1.54) is 0 Å². The molecule has 122 valence electrons. The fourth-order valence-electron chi connectivity index (χ4n) is 3.14. The number of amides is 1. The number of hydrogen-bond acceptors (Lipinski definition) is 3. The van der Waals surface area contributed by atoms with Crippen molar-refractivity contribution in [2.24, 2.45) is 0 Å². The highest BCUT2D eigenvalue weighted by atomic mass is 35.5. The molecule has 0 spiro atoms. The highest BCUT2D eigenvalue weighted by molar-refractivity contribution is 6.30. The molecule has 0 saturated carbocycles. The lowest BCUT2D eigenvalue weighted by Gasteiger charge is -2.26. The Morgan fingerprint density at radius 3 is 2.83 bits per heavy atom. The smallest absolute Gasteiger partial charge is 0.227 e. The van der Waals surface area contributed by atoms with Crippen LogP contribution in [0.2, 0.25) is 5.02 Å². The molecule has 1 amide bonds. The molecule has 1 aromatic carbocycles. The molecule has 4 nitrogen and oxygen atoms in total. The predicted octanol–water partition coefficient (Wildman–Crippen LogP) is 3.59. The third-order valence-electron chi connectivity index (χ3n) is 4.33. The van der Waals surface area contributed by atoms with E-state index in [1.54, 1.807) is 30.5 Å². The summed E-state index contributed by atoms with van der Waals surface area (Å²) in [4.78, 5) is 14.5. The normalized spacial score (nSPS) is 19.0. The first-order valence-electron chi connectivity index (χ1n) is 7.89. The van der Waals surface area contributed by atoms with Crippen LogP contribution in [0.25, 0.3) is 0 Å². The number of hydrogen-bond donors (Lipinski definition) is 1. The van der Waals surface area contributed by atoms with E-state index in [2.05, 4.69) is 0 Å². The van der Waals surface area contributed by atoms with E-state index in [0.29, 0.717) is 23.6 Å². The van der Waals surface area contributed by atoms with E-state index in [-0.39, 0.29) is 11.9 Å². The van der Waals surface area contributed by atoms with Gasteiger partial charge in [-0.3, -0.25) is 4.79 Å². The van der Waals surface area contributed by atoms with E-state index in [4.69, 9.17) is 16.0 Å². The summed E-state index contributed by atoms with van der Waals surface area (Å²) in [5, 5.41) is 10.9. The minimum absolute atomic E-state index is 0.0647. The third-order valence-corrected chi connectivity index (χ3v) is 4.59. The molecule has 0 bridgehead atoms. The van der Waals surface area contributed by atoms with Crippen LogP contribution in [0.4, 0.5) is 0 Å². The second-order valence-electron chi connectivity index (χ2n) is 5.95. The second-order valence-corrected chi connectivity index (χ2v) is 6.39. The molecule has 1 saturated heterocycles. The van der Waals surface area contributed by atoms with Crippen molar-refractivity contribution in [3.63, 3.8) is 0 Å². The number of aliphatic hydroxyl groups is 1. The number of nitrogens with zero attached hydrogens (tertiary/aromatic N) is 1. The van der Waals surface area contributed by atoms with Crippen molar-refractivity contribution in [2.75, 3.05) is 6.54 Å². The van der Waals surface area contributed by atoms with Gasteiger partial charge in [-0.2, -0.15) is 0 Å². The van der Waals surface area contributed by atoms with E-state index in [0.717, 1.165) is 24.9 Å². The number of carbonyl (C=O) groups excluding carboxylic acids is 1. The molecule has 5 heteroatoms. The molecule has 2 unspecified atom stereocenters. The maximum Gasteiger partial charge on any atom is 0.227 e. The highest BCUT2D eigenvalue weighted by Crippen LogP contribution is 2.28. The monoisotopic (exact) mass is 333 g/mol. The van der Waals surface area contributed by atoms with E-state index < -0.39 is 6.10 Å². The molecule has 1 N–H and O–H groups in total. The Bertz CT molecular complexity index is 639. The summed E-state index contributed by atoms with van der Waals surface area (Å²) in [5.41, 5.74) is 0.955. The standard InChI is InChI=1S/C18H20ClNO3/c19-14-7-5-13(6-8-14)11-18(22)20-9-1-3-15(20)12-16(21)17-4-2-10-23-17/h2,4-8,10,15-16,21H,1,3,9,11-12H2. The zero-order chi connectivity index (χ0) is 16.2. The zero-order valence-electron chi connectivity index (χ0n) is 12.8. The van der Waals surface area contributed by atoms with Gasteiger partial charge in [-0.05, 0) is 42.7 Å². The topological polar surface area (TPSA) is 53.7 Å². The van der Waals surface area contributed by atoms with Crippen molar-refractivity contribution >= 4 is 17.5 Å². The molecule has 1 aliphatic heterocycles. The van der Waals surface area contributed by atoms with Crippen molar-refractivity contribution in [1.29, 1.82) is 0 Å². The van der Waals surface area contributed by atoms with Crippen LogP contribution in [-0.4, -0.2) is 28.5 Å². The van der Waals surface area contributed by atoms with Gasteiger partial charge in [0.1, 0.15) is 11.9 Å². The van der Waals surface area contributed by atoms with Crippen LogP contribution >= 0.6 is 11.6 Å². The average molecular weight is 334 g/mol. The van der Waals surface area contributed by atoms with Gasteiger partial charge in [-0.15, -0.1) is 0 Å². The summed E-state index contributed by atoms with van der Waals surface area (Å²) in [6.07, 6.45) is 3.66. The van der Waals surface area contributed by atoms with Gasteiger partial charge in [-0.1, -0.05) is 23.7 Å². The first kappa shape index (κ1) is 16.1. The van der Waals surface area contributed by atoms with Crippen LogP contribution in [-0.2, 0) is 11.2 Å². The van der Waals surface area contributed by atoms with Gasteiger partial charge in [-0.25, -0.2) is 0 Å². The summed E-state index contributed by atoms with van der Waals surface area (Å²) in [5.74, 6) is 0.656. The largest absolute Gasteiger partial charge is 0.467 e. The molecule has 2 aromatic rings. The molecular weight excluding hydrogens is 314 g/mol. The van der Waals surface area contributed by atoms with Gasteiger partial charge in [0.05, 0.1) is 12.7 Å². The molecule has 23 heavy (non-hydrogen) atoms. The number of likely N-dealkylation sites (tertiary alicyclic amines) is 1. The Labute approximate surface area is 140 Å². The Hall–Kier alpha value is -1.78. The molecule has 0 aliphatic carbocycles. The Morgan fingerprint density at radius 1 is 1.35 bits per heavy atom. The number of carbonyl (C=O) groups is 1. The fraction of sp³-hybridized carbons (Fsp3) is 0.389. The maximum absolute atomic E-state index is 12.6. The summed E-state index contributed by atoms with van der Waals surface area (Å²) >= 11 is 5.87. The fourth-order valence-corrected chi connectivity index (χ4v) is 3.27. The quantitative estimate of drug-likeness (QED) is 0.909. The van der Waals surface area contributed by atoms with Crippen molar-refractivity contribution in [2.45, 2.75) is 37.8 Å². The molecule has 2 atom stereocenters. The highest BCUT2D eigenvalue weighted by Gasteiger charge is 2.31. The number of furan rings is 1. The predicted molar refractivity (Wildman–Crippen MR) is 88.2 cm³/mol. The van der Waals surface area contributed by atoms with E-state index >= 15 is 0 Å². The van der Waals surface area contributed by atoms with Crippen molar-refractivity contribution in [1.82, 2.24) is 4.90 Å². The third kappa shape index (κ3) is 3.95. The van der Waals surface area contributed by atoms with Crippen LogP contribution in [0.5, 0.6) is 0 Å². The van der Waals surface area contributed by atoms with Gasteiger partial charge in [0, 0.05) is 24.0 Å². The Kier molecular flexibility index (Phi) is 5.03. The molecule has 3 rings (SSSR count). The molecule has 1 aromatic heterocycles. The van der Waals surface area contributed by atoms with Crippen molar-refractivity contribution < 1.29 is 14.3 Å². The summed E-state index contributed by atoms with van der Waals surface area (Å²) in [6.45, 7) is 0.752. The summed E-state index contributed by atoms with van der Waals surface area (Å²) in [7, 11) is 0. The first-order chi connectivity index (χ1) is 11.1. The van der Waals surface area contributed by atoms with Crippen LogP contribution in [0.15, 0.2) is 47.1 Å². The average Bonchev–Trinajstić information content (AvgIpc) is 3.20. The molecular formula is C18H20ClNO3. The van der Waals surface area contributed by atoms with Crippen LogP contribution in [0.1, 0.15) is 36.7 Å². The molecule has 1 fully saturated rings. The van der Waals surface area contributed by atoms with Gasteiger partial charge >= 0.3 is 0 Å². The lowest BCUT2D eigenvalue weighted by molar-refractivity contribution is -0.131. The Morgan fingerprint density at radius 2 is 2.13 bits per heavy atom. The van der Waals surface area contributed by atoms with E-state index in [9.17, 15) is 9.90 Å². The summed E-state index contributed by atoms with van der Waals surface area (Å²) in [6, 6.07) is 10.9. The van der Waals surface area contributed by atoms with Gasteiger partial charge in [0.2, 0.25) is 5.91 Å². The maximum atomic E-state index is 12.6. The van der Waals surface area contributed by atoms with Gasteiger partial charge in [0.15, 0.2) is 0 Å². The molecule has 0 radical (unpaired) electrons. The van der Waals surface area contributed by atoms with Gasteiger partial charge < -0.3 is 14.4 Å². The van der Waals surface area contributed by atoms with Gasteiger partial charge in [0.25, 0.3) is 0 Å². The number of rotatable bonds is 5. The van der Waals surface area contributed by atoms with Crippen molar-refractivity contribution in [3.05, 3.63) is 59.0 Å². The number of benzene rings is 1. The molecule has 2 heterocycles. The molecule has 1 aliphatic rings. The minimum Gasteiger partial charge on any atom is -0.467 e. The zero-order valence-corrected chi connectivity index (χ0v) is 13.6. The minimum atomic E-state index is -0.668. The number of aliphatic hydroxyl groups excluding tert-OH is 1. The lowest BCUT2D eigenvalue weighted by atomic mass is 10.0. The van der Waals surface area contributed by atoms with E-state index in [1.807, 2.05) is 17.0 Å². The summed E-state index contributed by atoms with van der Waals surface area (Å²) < 4.78 is 5.24. The Balaban J connectivity index is 1.61. The van der Waals surface area contributed by atoms with Crippen LogP contribution in [0.3, 0.4) is 0 Å². The SMILES string of the molecule is O=C(Cc1ccc(Cl)cc1)N1CCCC1CC(O)c1ccco1. The van der Waals surface area contributed by atoms with Crippen molar-refractivity contribution in [3.8, 4) is 0 Å². The van der Waals surface area contributed by atoms with Crippen LogP contribution < -0.4 is 0 Å².